The van der Waals surface area contributed by atoms with E-state index in [1.165, 1.54) is 5.57 Å². The van der Waals surface area contributed by atoms with Crippen LogP contribution in [0.25, 0.3) is 0 Å². The molecule has 3 fully saturated rings. The Morgan fingerprint density at radius 3 is 2.59 bits per heavy atom. The molecule has 5 atom stereocenters. The van der Waals surface area contributed by atoms with Gasteiger partial charge in [-0.25, -0.2) is 0 Å². The summed E-state index contributed by atoms with van der Waals surface area (Å²) >= 11 is 4.55. The number of ketones is 1. The fraction of sp³-hybridized carbons (Fsp3) is 0.778. The summed E-state index contributed by atoms with van der Waals surface area (Å²) in [6.07, 6.45) is 5.61. The second-order valence-electron chi connectivity index (χ2n) is 8.14. The van der Waals surface area contributed by atoms with Crippen LogP contribution in [0.15, 0.2) is 10.5 Å². The van der Waals surface area contributed by atoms with Crippen molar-refractivity contribution >= 4 is 24.4 Å². The Kier molecular flexibility index (Phi) is 3.11. The van der Waals surface area contributed by atoms with Crippen molar-refractivity contribution in [2.24, 2.45) is 28.6 Å². The number of Topliss-reactive ketones (excluding diaryl/α,β-unsaturated/α-hetero) is 1. The number of rotatable bonds is 0. The van der Waals surface area contributed by atoms with Gasteiger partial charge in [0.2, 0.25) is 0 Å². The van der Waals surface area contributed by atoms with Gasteiger partial charge in [-0.1, -0.05) is 6.92 Å². The number of carbonyl (C=O) groups excluding carboxylic acids is 2. The smallest absolute Gasteiger partial charge is 0.312 e. The van der Waals surface area contributed by atoms with Crippen LogP contribution < -0.4 is 0 Å². The van der Waals surface area contributed by atoms with E-state index in [1.54, 1.807) is 0 Å². The van der Waals surface area contributed by atoms with Crippen molar-refractivity contribution in [2.75, 3.05) is 6.61 Å². The lowest BCUT2D eigenvalue weighted by Gasteiger charge is -2.56. The third kappa shape index (κ3) is 1.70. The molecule has 3 aliphatic carbocycles. The quantitative estimate of drug-likeness (QED) is 0.548. The minimum Gasteiger partial charge on any atom is -0.465 e. The predicted molar refractivity (Wildman–Crippen MR) is 86.4 cm³/mol. The predicted octanol–water partition coefficient (Wildman–Crippen LogP) is 3.54. The molecule has 0 spiro atoms. The van der Waals surface area contributed by atoms with E-state index in [0.29, 0.717) is 30.8 Å². The molecule has 1 aliphatic heterocycles. The SMILES string of the molecule is C[C@]12CCC(=O)C(S)=C1CC[C@@H]1[C@H]2CC[C@]2(C)C(=O)OC[C@@H]12. The first-order valence-corrected chi connectivity index (χ1v) is 8.95. The third-order valence-electron chi connectivity index (χ3n) is 7.34. The number of hydrogen-bond donors (Lipinski definition) is 1. The van der Waals surface area contributed by atoms with E-state index in [1.807, 2.05) is 0 Å². The number of allylic oxidation sites excluding steroid dienone is 2. The molecular weight excluding hydrogens is 296 g/mol. The Hall–Kier alpha value is -0.770. The lowest BCUT2D eigenvalue weighted by atomic mass is 9.47. The van der Waals surface area contributed by atoms with Gasteiger partial charge in [0, 0.05) is 17.2 Å². The van der Waals surface area contributed by atoms with Crippen molar-refractivity contribution in [2.45, 2.75) is 52.4 Å². The zero-order chi connectivity index (χ0) is 15.7. The van der Waals surface area contributed by atoms with Gasteiger partial charge >= 0.3 is 5.97 Å². The summed E-state index contributed by atoms with van der Waals surface area (Å²) in [5.74, 6) is 1.70. The Balaban J connectivity index is 1.73. The molecule has 4 aliphatic rings. The summed E-state index contributed by atoms with van der Waals surface area (Å²) in [6, 6.07) is 0. The van der Waals surface area contributed by atoms with E-state index in [2.05, 4.69) is 26.5 Å². The highest BCUT2D eigenvalue weighted by Gasteiger charge is 2.60. The average molecular weight is 320 g/mol. The first kappa shape index (κ1) is 14.8. The fourth-order valence-electron chi connectivity index (χ4n) is 5.90. The average Bonchev–Trinajstić information content (AvgIpc) is 2.79. The van der Waals surface area contributed by atoms with Crippen LogP contribution >= 0.6 is 12.6 Å². The standard InChI is InChI=1S/C18H24O3S/c1-17-8-6-14(19)15(22)12(17)4-3-10-11(17)5-7-18(2)13(10)9-21-16(18)20/h10-11,13,22H,3-9H2,1-2H3/t10-,11-,13+,17-,18+/m1/s1. The number of esters is 1. The molecule has 0 radical (unpaired) electrons. The van der Waals surface area contributed by atoms with Crippen LogP contribution in [-0.2, 0) is 14.3 Å². The van der Waals surface area contributed by atoms with Crippen molar-refractivity contribution in [1.29, 1.82) is 0 Å². The zero-order valence-electron chi connectivity index (χ0n) is 13.4. The number of carbonyl (C=O) groups is 2. The highest BCUT2D eigenvalue weighted by molar-refractivity contribution is 7.85. The Morgan fingerprint density at radius 2 is 1.82 bits per heavy atom. The fourth-order valence-corrected chi connectivity index (χ4v) is 6.38. The van der Waals surface area contributed by atoms with Crippen molar-refractivity contribution in [1.82, 2.24) is 0 Å². The molecule has 0 aromatic carbocycles. The molecule has 3 nitrogen and oxygen atoms in total. The number of thiol groups is 1. The maximum atomic E-state index is 12.2. The summed E-state index contributed by atoms with van der Waals surface area (Å²) in [7, 11) is 0. The van der Waals surface area contributed by atoms with Crippen LogP contribution in [0.4, 0.5) is 0 Å². The van der Waals surface area contributed by atoms with Gasteiger partial charge < -0.3 is 4.74 Å². The molecule has 1 saturated heterocycles. The van der Waals surface area contributed by atoms with Crippen molar-refractivity contribution in [3.63, 3.8) is 0 Å². The Bertz CT molecular complexity index is 595. The van der Waals surface area contributed by atoms with Gasteiger partial charge in [0.1, 0.15) is 0 Å². The molecule has 22 heavy (non-hydrogen) atoms. The van der Waals surface area contributed by atoms with Gasteiger partial charge in [-0.3, -0.25) is 9.59 Å². The summed E-state index contributed by atoms with van der Waals surface area (Å²) in [5.41, 5.74) is 1.12. The minimum atomic E-state index is -0.271. The second kappa shape index (κ2) is 4.62. The van der Waals surface area contributed by atoms with E-state index in [9.17, 15) is 9.59 Å². The van der Waals surface area contributed by atoms with Crippen LogP contribution in [-0.4, -0.2) is 18.4 Å². The molecule has 0 bridgehead atoms. The van der Waals surface area contributed by atoms with Crippen LogP contribution in [0.3, 0.4) is 0 Å². The van der Waals surface area contributed by atoms with Crippen LogP contribution in [0.1, 0.15) is 52.4 Å². The molecule has 0 unspecified atom stereocenters. The highest BCUT2D eigenvalue weighted by atomic mass is 32.1. The number of fused-ring (bicyclic) bond motifs is 5. The minimum absolute atomic E-state index is 0.0103. The van der Waals surface area contributed by atoms with E-state index in [4.69, 9.17) is 4.74 Å². The van der Waals surface area contributed by atoms with E-state index in [-0.39, 0.29) is 22.6 Å². The maximum Gasteiger partial charge on any atom is 0.312 e. The normalized spacial score (nSPS) is 47.7. The maximum absolute atomic E-state index is 12.2. The van der Waals surface area contributed by atoms with Gasteiger partial charge in [-0.15, -0.1) is 12.6 Å². The Morgan fingerprint density at radius 1 is 1.05 bits per heavy atom. The number of cyclic esters (lactones) is 1. The summed E-state index contributed by atoms with van der Waals surface area (Å²) < 4.78 is 5.44. The van der Waals surface area contributed by atoms with Gasteiger partial charge in [0.15, 0.2) is 5.78 Å². The zero-order valence-corrected chi connectivity index (χ0v) is 14.2. The summed E-state index contributed by atoms with van der Waals surface area (Å²) in [6.45, 7) is 5.03. The second-order valence-corrected chi connectivity index (χ2v) is 8.59. The summed E-state index contributed by atoms with van der Waals surface area (Å²) in [4.78, 5) is 24.9. The van der Waals surface area contributed by atoms with Crippen LogP contribution in [0.2, 0.25) is 0 Å². The molecule has 4 rings (SSSR count). The number of hydrogen-bond acceptors (Lipinski definition) is 4. The van der Waals surface area contributed by atoms with Crippen molar-refractivity contribution < 1.29 is 14.3 Å². The van der Waals surface area contributed by atoms with Gasteiger partial charge in [0.25, 0.3) is 0 Å². The van der Waals surface area contributed by atoms with E-state index in [0.717, 1.165) is 37.0 Å². The first-order chi connectivity index (χ1) is 10.4. The molecule has 0 aromatic heterocycles. The molecule has 2 saturated carbocycles. The van der Waals surface area contributed by atoms with E-state index < -0.39 is 0 Å². The molecule has 0 aromatic rings. The van der Waals surface area contributed by atoms with Gasteiger partial charge in [-0.2, -0.15) is 0 Å². The molecule has 1 heterocycles. The highest BCUT2D eigenvalue weighted by Crippen LogP contribution is 2.63. The first-order valence-electron chi connectivity index (χ1n) is 8.51. The Labute approximate surface area is 137 Å². The topological polar surface area (TPSA) is 43.4 Å². The van der Waals surface area contributed by atoms with E-state index >= 15 is 0 Å². The largest absolute Gasteiger partial charge is 0.465 e. The molecule has 0 N–H and O–H groups in total. The van der Waals surface area contributed by atoms with Gasteiger partial charge in [-0.05, 0) is 61.9 Å². The monoisotopic (exact) mass is 320 g/mol. The van der Waals surface area contributed by atoms with Crippen molar-refractivity contribution in [3.8, 4) is 0 Å². The molecule has 4 heteroatoms. The molecular formula is C18H24O3S. The van der Waals surface area contributed by atoms with Gasteiger partial charge in [0.05, 0.1) is 12.0 Å². The lowest BCUT2D eigenvalue weighted by Crippen LogP contribution is -2.51. The van der Waals surface area contributed by atoms with Crippen LogP contribution in [0, 0.1) is 28.6 Å². The van der Waals surface area contributed by atoms with Crippen molar-refractivity contribution in [3.05, 3.63) is 10.5 Å². The molecule has 0 amide bonds. The van der Waals surface area contributed by atoms with Crippen LogP contribution in [0.5, 0.6) is 0 Å². The third-order valence-corrected chi connectivity index (χ3v) is 7.86. The molecule has 120 valence electrons. The summed E-state index contributed by atoms with van der Waals surface area (Å²) in [5, 5.41) is 0. The lowest BCUT2D eigenvalue weighted by molar-refractivity contribution is -0.148. The number of ether oxygens (including phenoxy) is 1.